The lowest BCUT2D eigenvalue weighted by Gasteiger charge is -2.07. The molecule has 0 saturated carbocycles. The largest absolute Gasteiger partial charge is 0.504 e. The van der Waals surface area contributed by atoms with Gasteiger partial charge in [0.05, 0.1) is 18.5 Å². The number of aromatic nitrogens is 4. The van der Waals surface area contributed by atoms with Gasteiger partial charge in [0.25, 0.3) is 0 Å². The highest BCUT2D eigenvalue weighted by molar-refractivity contribution is 6.29. The monoisotopic (exact) mass is 330 g/mol. The Labute approximate surface area is 135 Å². The van der Waals surface area contributed by atoms with Crippen molar-refractivity contribution in [1.82, 2.24) is 20.2 Å². The molecule has 23 heavy (non-hydrogen) atoms. The normalized spacial score (nSPS) is 10.5. The van der Waals surface area contributed by atoms with Crippen molar-refractivity contribution in [2.24, 2.45) is 0 Å². The number of hydrogen-bond donors (Lipinski definition) is 2. The molecule has 3 rings (SSSR count). The molecule has 2 aromatic heterocycles. The Balaban J connectivity index is 2.11. The van der Waals surface area contributed by atoms with Crippen LogP contribution in [0.4, 0.5) is 0 Å². The molecular weight excluding hydrogens is 320 g/mol. The zero-order chi connectivity index (χ0) is 16.4. The molecule has 0 saturated heterocycles. The summed E-state index contributed by atoms with van der Waals surface area (Å²) < 4.78 is 5.06. The maximum Gasteiger partial charge on any atom is 0.346 e. The fraction of sp³-hybridized carbons (Fsp3) is 0.0667. The summed E-state index contributed by atoms with van der Waals surface area (Å²) >= 11 is 5.71. The fourth-order valence-corrected chi connectivity index (χ4v) is 2.14. The minimum absolute atomic E-state index is 0.00452. The van der Waals surface area contributed by atoms with Crippen molar-refractivity contribution in [3.8, 4) is 34.1 Å². The Hall–Kier alpha value is -2.93. The molecule has 0 aliphatic heterocycles. The third kappa shape index (κ3) is 3.14. The minimum atomic E-state index is -0.527. The number of H-pyrrole nitrogens is 1. The van der Waals surface area contributed by atoms with Crippen LogP contribution in [0.1, 0.15) is 0 Å². The molecule has 0 aliphatic rings. The van der Waals surface area contributed by atoms with E-state index in [1.165, 1.54) is 13.2 Å². The number of phenolic OH excluding ortho intramolecular Hbond substituents is 1. The number of aromatic amines is 1. The van der Waals surface area contributed by atoms with Gasteiger partial charge in [0.1, 0.15) is 5.69 Å². The first-order valence-corrected chi connectivity index (χ1v) is 6.93. The molecule has 0 fully saturated rings. The van der Waals surface area contributed by atoms with E-state index in [2.05, 4.69) is 20.2 Å². The molecule has 116 valence electrons. The molecule has 2 N–H and O–H groups in total. The van der Waals surface area contributed by atoms with E-state index in [1.54, 1.807) is 30.3 Å². The van der Waals surface area contributed by atoms with Crippen LogP contribution in [0, 0.1) is 0 Å². The molecule has 0 spiro atoms. The number of ether oxygens (including phenoxy) is 1. The van der Waals surface area contributed by atoms with E-state index in [4.69, 9.17) is 16.3 Å². The van der Waals surface area contributed by atoms with Crippen molar-refractivity contribution in [3.63, 3.8) is 0 Å². The second-order valence-electron chi connectivity index (χ2n) is 4.61. The summed E-state index contributed by atoms with van der Waals surface area (Å²) in [6.45, 7) is 0. The molecule has 8 heteroatoms. The fourth-order valence-electron chi connectivity index (χ4n) is 2.04. The Morgan fingerprint density at radius 2 is 1.96 bits per heavy atom. The lowest BCUT2D eigenvalue weighted by atomic mass is 10.1. The average Bonchev–Trinajstić information content (AvgIpc) is 2.55. The number of methoxy groups -OCH3 is 1. The Morgan fingerprint density at radius 3 is 2.65 bits per heavy atom. The second-order valence-corrected chi connectivity index (χ2v) is 5.00. The third-order valence-electron chi connectivity index (χ3n) is 3.13. The summed E-state index contributed by atoms with van der Waals surface area (Å²) in [7, 11) is 1.44. The van der Waals surface area contributed by atoms with Gasteiger partial charge in [-0.1, -0.05) is 11.6 Å². The number of halogens is 1. The van der Waals surface area contributed by atoms with E-state index in [1.807, 2.05) is 0 Å². The number of rotatable bonds is 3. The summed E-state index contributed by atoms with van der Waals surface area (Å²) in [5.74, 6) is 0.294. The standard InChI is InChI=1S/C15H11ClN4O3/c1-23-13-6-8(2-4-12(13)21)10-7-11(18-15(22)17-10)9-3-5-14(16)20-19-9/h2-7,21H,1H3,(H,17,18,22). The molecule has 0 unspecified atom stereocenters. The van der Waals surface area contributed by atoms with Gasteiger partial charge in [0, 0.05) is 5.56 Å². The van der Waals surface area contributed by atoms with Gasteiger partial charge in [0.15, 0.2) is 16.7 Å². The minimum Gasteiger partial charge on any atom is -0.504 e. The summed E-state index contributed by atoms with van der Waals surface area (Å²) in [6.07, 6.45) is 0. The molecular formula is C15H11ClN4O3. The highest BCUT2D eigenvalue weighted by Gasteiger charge is 2.10. The van der Waals surface area contributed by atoms with E-state index >= 15 is 0 Å². The van der Waals surface area contributed by atoms with Gasteiger partial charge >= 0.3 is 5.69 Å². The van der Waals surface area contributed by atoms with Crippen molar-refractivity contribution < 1.29 is 9.84 Å². The van der Waals surface area contributed by atoms with Gasteiger partial charge in [0.2, 0.25) is 0 Å². The highest BCUT2D eigenvalue weighted by Crippen LogP contribution is 2.31. The first kappa shape index (κ1) is 15.0. The molecule has 0 bridgehead atoms. The van der Waals surface area contributed by atoms with Crippen molar-refractivity contribution in [2.45, 2.75) is 0 Å². The zero-order valence-corrected chi connectivity index (χ0v) is 12.7. The summed E-state index contributed by atoms with van der Waals surface area (Å²) in [4.78, 5) is 18.4. The SMILES string of the molecule is COc1cc(-c2cc(-c3ccc(Cl)nn3)[nH]c(=O)n2)ccc1O. The van der Waals surface area contributed by atoms with Crippen LogP contribution < -0.4 is 10.4 Å². The van der Waals surface area contributed by atoms with Crippen molar-refractivity contribution in [3.05, 3.63) is 52.0 Å². The second kappa shape index (κ2) is 6.05. The zero-order valence-electron chi connectivity index (χ0n) is 11.9. The number of nitrogens with zero attached hydrogens (tertiary/aromatic N) is 3. The highest BCUT2D eigenvalue weighted by atomic mass is 35.5. The Morgan fingerprint density at radius 1 is 1.13 bits per heavy atom. The van der Waals surface area contributed by atoms with Crippen LogP contribution in [0.15, 0.2) is 41.2 Å². The van der Waals surface area contributed by atoms with Crippen LogP contribution in [0.5, 0.6) is 11.5 Å². The molecule has 7 nitrogen and oxygen atoms in total. The quantitative estimate of drug-likeness (QED) is 0.764. The van der Waals surface area contributed by atoms with Crippen molar-refractivity contribution in [1.29, 1.82) is 0 Å². The maximum atomic E-state index is 11.8. The first-order valence-electron chi connectivity index (χ1n) is 6.55. The number of aromatic hydroxyl groups is 1. The van der Waals surface area contributed by atoms with Gasteiger partial charge in [-0.3, -0.25) is 0 Å². The van der Waals surface area contributed by atoms with Crippen LogP contribution in [0.3, 0.4) is 0 Å². The number of nitrogens with one attached hydrogen (secondary N) is 1. The van der Waals surface area contributed by atoms with E-state index in [0.29, 0.717) is 22.6 Å². The molecule has 2 heterocycles. The van der Waals surface area contributed by atoms with Gasteiger partial charge < -0.3 is 14.8 Å². The number of hydrogen-bond acceptors (Lipinski definition) is 6. The average molecular weight is 331 g/mol. The van der Waals surface area contributed by atoms with E-state index < -0.39 is 5.69 Å². The summed E-state index contributed by atoms with van der Waals surface area (Å²) in [5, 5.41) is 17.6. The Kier molecular flexibility index (Phi) is 3.94. The maximum absolute atomic E-state index is 11.8. The van der Waals surface area contributed by atoms with E-state index in [-0.39, 0.29) is 16.7 Å². The lowest BCUT2D eigenvalue weighted by molar-refractivity contribution is 0.373. The van der Waals surface area contributed by atoms with Gasteiger partial charge in [-0.15, -0.1) is 10.2 Å². The van der Waals surface area contributed by atoms with Gasteiger partial charge in [-0.25, -0.2) is 4.79 Å². The smallest absolute Gasteiger partial charge is 0.346 e. The molecule has 0 amide bonds. The topological polar surface area (TPSA) is 101 Å². The first-order chi connectivity index (χ1) is 11.1. The molecule has 0 radical (unpaired) electrons. The van der Waals surface area contributed by atoms with Crippen LogP contribution in [0.2, 0.25) is 5.15 Å². The molecule has 1 aromatic carbocycles. The molecule has 3 aromatic rings. The van der Waals surface area contributed by atoms with Crippen LogP contribution in [0.25, 0.3) is 22.6 Å². The molecule has 0 aliphatic carbocycles. The van der Waals surface area contributed by atoms with Crippen molar-refractivity contribution >= 4 is 11.6 Å². The number of phenols is 1. The predicted molar refractivity (Wildman–Crippen MR) is 84.5 cm³/mol. The summed E-state index contributed by atoms with van der Waals surface area (Å²) in [5.41, 5.74) is 1.42. The molecule has 0 atom stereocenters. The van der Waals surface area contributed by atoms with Crippen LogP contribution in [-0.2, 0) is 0 Å². The Bertz CT molecular complexity index is 909. The summed E-state index contributed by atoms with van der Waals surface area (Å²) in [6, 6.07) is 9.57. The lowest BCUT2D eigenvalue weighted by Crippen LogP contribution is -2.12. The van der Waals surface area contributed by atoms with Gasteiger partial charge in [-0.05, 0) is 36.4 Å². The van der Waals surface area contributed by atoms with E-state index in [0.717, 1.165) is 0 Å². The van der Waals surface area contributed by atoms with Crippen LogP contribution >= 0.6 is 11.6 Å². The van der Waals surface area contributed by atoms with Crippen LogP contribution in [-0.4, -0.2) is 32.4 Å². The number of benzene rings is 1. The predicted octanol–water partition coefficient (Wildman–Crippen LogP) is 2.26. The third-order valence-corrected chi connectivity index (χ3v) is 3.33. The van der Waals surface area contributed by atoms with Gasteiger partial charge in [-0.2, -0.15) is 4.98 Å². The van der Waals surface area contributed by atoms with E-state index in [9.17, 15) is 9.90 Å². The van der Waals surface area contributed by atoms with Crippen molar-refractivity contribution in [2.75, 3.05) is 7.11 Å².